The topological polar surface area (TPSA) is 61.8 Å². The molecule has 0 spiro atoms. The highest BCUT2D eigenvalue weighted by molar-refractivity contribution is 5.91. The quantitative estimate of drug-likeness (QED) is 0.458. The van der Waals surface area contributed by atoms with Gasteiger partial charge in [0, 0.05) is 19.2 Å². The lowest BCUT2D eigenvalue weighted by atomic mass is 10.2. The first-order valence-electron chi connectivity index (χ1n) is 9.71. The fourth-order valence-corrected chi connectivity index (χ4v) is 2.89. The number of nitrogens with one attached hydrogen (secondary N) is 1. The summed E-state index contributed by atoms with van der Waals surface area (Å²) < 4.78 is 5.06. The van der Waals surface area contributed by atoms with E-state index in [-0.39, 0.29) is 11.7 Å². The van der Waals surface area contributed by atoms with Crippen molar-refractivity contribution in [1.82, 2.24) is 10.2 Å². The second kappa shape index (κ2) is 11.8. The molecular weight excluding hydrogens is 352 g/mol. The Hall–Kier alpha value is -2.79. The highest BCUT2D eigenvalue weighted by Crippen LogP contribution is 2.26. The number of carbonyl (C=O) groups is 1. The summed E-state index contributed by atoms with van der Waals surface area (Å²) in [5.41, 5.74) is 2.12. The van der Waals surface area contributed by atoms with E-state index in [1.165, 1.54) is 18.7 Å². The Balaban J connectivity index is 1.66. The van der Waals surface area contributed by atoms with Crippen LogP contribution in [0.25, 0.3) is 6.08 Å². The molecule has 0 aromatic heterocycles. The Morgan fingerprint density at radius 3 is 2.68 bits per heavy atom. The molecule has 0 saturated heterocycles. The maximum atomic E-state index is 11.9. The molecular formula is C23H30N2O3. The van der Waals surface area contributed by atoms with Crippen molar-refractivity contribution in [2.45, 2.75) is 26.3 Å². The summed E-state index contributed by atoms with van der Waals surface area (Å²) in [6, 6.07) is 15.4. The number of nitrogens with zero attached hydrogens (tertiary/aromatic N) is 1. The lowest BCUT2D eigenvalue weighted by Crippen LogP contribution is -2.26. The summed E-state index contributed by atoms with van der Waals surface area (Å²) in [6.07, 6.45) is 5.19. The largest absolute Gasteiger partial charge is 0.504 e. The molecule has 0 heterocycles. The summed E-state index contributed by atoms with van der Waals surface area (Å²) in [4.78, 5) is 14.4. The Morgan fingerprint density at radius 2 is 1.96 bits per heavy atom. The third-order valence-electron chi connectivity index (χ3n) is 4.53. The van der Waals surface area contributed by atoms with Crippen LogP contribution in [0.15, 0.2) is 54.6 Å². The molecule has 0 aliphatic rings. The SMILES string of the molecule is CCN(CCCCNC(=O)/C=C/c1ccc(O)c(OC)c1)Cc1ccccc1. The summed E-state index contributed by atoms with van der Waals surface area (Å²) in [5.74, 6) is 0.347. The van der Waals surface area contributed by atoms with Crippen LogP contribution in [0, 0.1) is 0 Å². The number of unbranched alkanes of at least 4 members (excludes halogenated alkanes) is 1. The first kappa shape index (κ1) is 21.5. The van der Waals surface area contributed by atoms with Crippen LogP contribution >= 0.6 is 0 Å². The van der Waals surface area contributed by atoms with E-state index < -0.39 is 0 Å². The van der Waals surface area contributed by atoms with Crippen molar-refractivity contribution in [2.24, 2.45) is 0 Å². The fourth-order valence-electron chi connectivity index (χ4n) is 2.89. The van der Waals surface area contributed by atoms with E-state index in [1.807, 2.05) is 6.07 Å². The lowest BCUT2D eigenvalue weighted by molar-refractivity contribution is -0.116. The van der Waals surface area contributed by atoms with Gasteiger partial charge in [-0.1, -0.05) is 43.3 Å². The van der Waals surface area contributed by atoms with Gasteiger partial charge in [-0.15, -0.1) is 0 Å². The zero-order valence-corrected chi connectivity index (χ0v) is 16.7. The number of methoxy groups -OCH3 is 1. The summed E-state index contributed by atoms with van der Waals surface area (Å²) in [6.45, 7) is 5.83. The monoisotopic (exact) mass is 382 g/mol. The number of hydrogen-bond acceptors (Lipinski definition) is 4. The molecule has 0 unspecified atom stereocenters. The molecule has 0 fully saturated rings. The van der Waals surface area contributed by atoms with Gasteiger partial charge in [-0.25, -0.2) is 0 Å². The number of hydrogen-bond donors (Lipinski definition) is 2. The van der Waals surface area contributed by atoms with Gasteiger partial charge in [-0.05, 0) is 55.3 Å². The smallest absolute Gasteiger partial charge is 0.243 e. The maximum Gasteiger partial charge on any atom is 0.243 e. The van der Waals surface area contributed by atoms with E-state index >= 15 is 0 Å². The number of rotatable bonds is 11. The maximum absolute atomic E-state index is 11.9. The zero-order valence-electron chi connectivity index (χ0n) is 16.7. The van der Waals surface area contributed by atoms with Gasteiger partial charge < -0.3 is 15.2 Å². The molecule has 2 N–H and O–H groups in total. The van der Waals surface area contributed by atoms with Gasteiger partial charge in [0.2, 0.25) is 5.91 Å². The van der Waals surface area contributed by atoms with Crippen molar-refractivity contribution < 1.29 is 14.6 Å². The Kier molecular flexibility index (Phi) is 9.08. The number of phenolic OH excluding ortho intramolecular Hbond substituents is 1. The molecule has 0 radical (unpaired) electrons. The average Bonchev–Trinajstić information content (AvgIpc) is 2.72. The summed E-state index contributed by atoms with van der Waals surface area (Å²) >= 11 is 0. The standard InChI is InChI=1S/C23H30N2O3/c1-3-25(18-20-9-5-4-6-10-20)16-8-7-15-24-23(27)14-12-19-11-13-21(26)22(17-19)28-2/h4-6,9-14,17,26H,3,7-8,15-16,18H2,1-2H3,(H,24,27)/b14-12+. The Labute approximate surface area is 167 Å². The zero-order chi connectivity index (χ0) is 20.2. The van der Waals surface area contributed by atoms with Crippen molar-refractivity contribution >= 4 is 12.0 Å². The Morgan fingerprint density at radius 1 is 1.18 bits per heavy atom. The van der Waals surface area contributed by atoms with Gasteiger partial charge in [0.25, 0.3) is 0 Å². The molecule has 5 nitrogen and oxygen atoms in total. The third kappa shape index (κ3) is 7.45. The summed E-state index contributed by atoms with van der Waals surface area (Å²) in [7, 11) is 1.49. The number of aromatic hydroxyl groups is 1. The van der Waals surface area contributed by atoms with Gasteiger partial charge in [-0.3, -0.25) is 9.69 Å². The summed E-state index contributed by atoms with van der Waals surface area (Å²) in [5, 5.41) is 12.5. The van der Waals surface area contributed by atoms with Crippen molar-refractivity contribution in [3.63, 3.8) is 0 Å². The van der Waals surface area contributed by atoms with Crippen LogP contribution in [0.4, 0.5) is 0 Å². The number of amides is 1. The van der Waals surface area contributed by atoms with Crippen LogP contribution in [0.5, 0.6) is 11.5 Å². The molecule has 2 rings (SSSR count). The molecule has 5 heteroatoms. The van der Waals surface area contributed by atoms with Crippen molar-refractivity contribution in [3.05, 3.63) is 65.7 Å². The molecule has 0 atom stereocenters. The van der Waals surface area contributed by atoms with E-state index in [0.717, 1.165) is 38.0 Å². The van der Waals surface area contributed by atoms with Gasteiger partial charge >= 0.3 is 0 Å². The first-order valence-corrected chi connectivity index (χ1v) is 9.71. The Bertz CT molecular complexity index is 760. The molecule has 0 aliphatic carbocycles. The number of carbonyl (C=O) groups excluding carboxylic acids is 1. The van der Waals surface area contributed by atoms with Gasteiger partial charge in [-0.2, -0.15) is 0 Å². The van der Waals surface area contributed by atoms with E-state index in [4.69, 9.17) is 4.74 Å². The minimum Gasteiger partial charge on any atom is -0.504 e. The van der Waals surface area contributed by atoms with Gasteiger partial charge in [0.1, 0.15) is 0 Å². The first-order chi connectivity index (χ1) is 13.6. The molecule has 0 aliphatic heterocycles. The van der Waals surface area contributed by atoms with E-state index in [9.17, 15) is 9.90 Å². The predicted molar refractivity (Wildman–Crippen MR) is 113 cm³/mol. The lowest BCUT2D eigenvalue weighted by Gasteiger charge is -2.20. The van der Waals surface area contributed by atoms with Crippen LogP contribution in [0.1, 0.15) is 30.9 Å². The fraction of sp³-hybridized carbons (Fsp3) is 0.348. The molecule has 28 heavy (non-hydrogen) atoms. The van der Waals surface area contributed by atoms with E-state index in [1.54, 1.807) is 24.3 Å². The van der Waals surface area contributed by atoms with Gasteiger partial charge in [0.05, 0.1) is 7.11 Å². The molecule has 2 aromatic rings. The second-order valence-electron chi connectivity index (χ2n) is 6.62. The van der Waals surface area contributed by atoms with Crippen LogP contribution in [0.2, 0.25) is 0 Å². The predicted octanol–water partition coefficient (Wildman–Crippen LogP) is 3.83. The molecule has 1 amide bonds. The van der Waals surface area contributed by atoms with Crippen LogP contribution < -0.4 is 10.1 Å². The average molecular weight is 383 g/mol. The minimum atomic E-state index is -0.122. The van der Waals surface area contributed by atoms with Gasteiger partial charge in [0.15, 0.2) is 11.5 Å². The van der Waals surface area contributed by atoms with Crippen LogP contribution in [0.3, 0.4) is 0 Å². The van der Waals surface area contributed by atoms with Crippen molar-refractivity contribution in [3.8, 4) is 11.5 Å². The van der Waals surface area contributed by atoms with E-state index in [0.29, 0.717) is 12.3 Å². The van der Waals surface area contributed by atoms with Crippen LogP contribution in [-0.2, 0) is 11.3 Å². The number of benzene rings is 2. The van der Waals surface area contributed by atoms with E-state index in [2.05, 4.69) is 41.4 Å². The highest BCUT2D eigenvalue weighted by atomic mass is 16.5. The minimum absolute atomic E-state index is 0.0810. The van der Waals surface area contributed by atoms with Crippen molar-refractivity contribution in [2.75, 3.05) is 26.7 Å². The third-order valence-corrected chi connectivity index (χ3v) is 4.53. The number of phenols is 1. The normalized spacial score (nSPS) is 11.1. The van der Waals surface area contributed by atoms with Crippen LogP contribution in [-0.4, -0.2) is 42.7 Å². The molecule has 2 aromatic carbocycles. The second-order valence-corrected chi connectivity index (χ2v) is 6.62. The number of ether oxygens (including phenoxy) is 1. The molecule has 0 saturated carbocycles. The highest BCUT2D eigenvalue weighted by Gasteiger charge is 2.04. The molecule has 150 valence electrons. The molecule has 0 bridgehead atoms. The van der Waals surface area contributed by atoms with Crippen molar-refractivity contribution in [1.29, 1.82) is 0 Å².